The van der Waals surface area contributed by atoms with Crippen molar-refractivity contribution in [2.24, 2.45) is 0 Å². The van der Waals surface area contributed by atoms with Crippen LogP contribution in [-0.2, 0) is 0 Å². The number of hydrogen-bond acceptors (Lipinski definition) is 5. The second-order valence-electron chi connectivity index (χ2n) is 5.66. The normalized spacial score (nSPS) is 15.5. The van der Waals surface area contributed by atoms with Crippen LogP contribution in [0.3, 0.4) is 0 Å². The van der Waals surface area contributed by atoms with Gasteiger partial charge in [0.25, 0.3) is 0 Å². The van der Waals surface area contributed by atoms with Gasteiger partial charge in [-0.25, -0.2) is 4.98 Å². The highest BCUT2D eigenvalue weighted by Gasteiger charge is 2.19. The number of ether oxygens (including phenoxy) is 1. The minimum atomic E-state index is 0.630. The molecule has 0 unspecified atom stereocenters. The van der Waals surface area contributed by atoms with E-state index in [-0.39, 0.29) is 0 Å². The summed E-state index contributed by atoms with van der Waals surface area (Å²) in [5, 5.41) is 13.9. The zero-order valence-corrected chi connectivity index (χ0v) is 13.2. The van der Waals surface area contributed by atoms with Gasteiger partial charge in [-0.2, -0.15) is 5.10 Å². The Balaban J connectivity index is 1.60. The van der Waals surface area contributed by atoms with E-state index in [9.17, 15) is 0 Å². The van der Waals surface area contributed by atoms with E-state index >= 15 is 0 Å². The Morgan fingerprint density at radius 1 is 1.27 bits per heavy atom. The molecule has 0 saturated heterocycles. The Hall–Kier alpha value is -2.08. The number of aromatic amines is 1. The molecular weight excluding hydrogens is 296 g/mol. The zero-order valence-electron chi connectivity index (χ0n) is 12.4. The Kier molecular flexibility index (Phi) is 3.46. The molecule has 4 rings (SSSR count). The predicted molar refractivity (Wildman–Crippen MR) is 89.3 cm³/mol. The number of rotatable bonds is 4. The van der Waals surface area contributed by atoms with Gasteiger partial charge in [0.05, 0.1) is 12.5 Å². The van der Waals surface area contributed by atoms with Crippen molar-refractivity contribution < 1.29 is 4.74 Å². The Labute approximate surface area is 132 Å². The van der Waals surface area contributed by atoms with Crippen molar-refractivity contribution in [2.75, 3.05) is 12.4 Å². The monoisotopic (exact) mass is 314 g/mol. The van der Waals surface area contributed by atoms with Gasteiger partial charge in [-0.3, -0.25) is 5.10 Å². The van der Waals surface area contributed by atoms with E-state index in [1.54, 1.807) is 18.4 Å². The molecule has 1 saturated carbocycles. The van der Waals surface area contributed by atoms with Gasteiger partial charge in [0.1, 0.15) is 16.4 Å². The molecule has 5 nitrogen and oxygen atoms in total. The number of nitrogens with one attached hydrogen (secondary N) is 2. The maximum atomic E-state index is 5.45. The molecule has 0 atom stereocenters. The summed E-state index contributed by atoms with van der Waals surface area (Å²) >= 11 is 1.61. The molecule has 0 spiro atoms. The maximum absolute atomic E-state index is 5.45. The summed E-state index contributed by atoms with van der Waals surface area (Å²) in [5.74, 6) is 3.04. The first-order chi connectivity index (χ1) is 10.8. The van der Waals surface area contributed by atoms with E-state index in [0.717, 1.165) is 27.6 Å². The molecule has 6 heteroatoms. The van der Waals surface area contributed by atoms with Gasteiger partial charge in [0, 0.05) is 23.7 Å². The van der Waals surface area contributed by atoms with Crippen LogP contribution in [0.4, 0.5) is 11.6 Å². The average molecular weight is 314 g/mol. The predicted octanol–water partition coefficient (Wildman–Crippen LogP) is 4.43. The summed E-state index contributed by atoms with van der Waals surface area (Å²) in [4.78, 5) is 5.59. The molecule has 0 radical (unpaired) electrons. The van der Waals surface area contributed by atoms with Crippen LogP contribution in [0.5, 0.6) is 5.75 Å². The van der Waals surface area contributed by atoms with E-state index < -0.39 is 0 Å². The first kappa shape index (κ1) is 13.6. The second kappa shape index (κ2) is 5.61. The molecule has 1 aliphatic rings. The van der Waals surface area contributed by atoms with E-state index in [1.165, 1.54) is 31.4 Å². The standard InChI is InChI=1S/C16H18N4OS/c1-21-13-9-14(18-16-11(13)6-7-22-16)17-15-8-12(19-20-15)10-4-2-3-5-10/h6-10H,2-5H2,1H3,(H2,17,18,19,20). The molecule has 22 heavy (non-hydrogen) atoms. The molecule has 1 aliphatic carbocycles. The number of H-pyrrole nitrogens is 1. The van der Waals surface area contributed by atoms with Crippen molar-refractivity contribution >= 4 is 33.2 Å². The van der Waals surface area contributed by atoms with Crippen molar-refractivity contribution in [1.82, 2.24) is 15.2 Å². The quantitative estimate of drug-likeness (QED) is 0.748. The molecule has 0 amide bonds. The summed E-state index contributed by atoms with van der Waals surface area (Å²) in [5.41, 5.74) is 1.23. The third-order valence-corrected chi connectivity index (χ3v) is 5.08. The summed E-state index contributed by atoms with van der Waals surface area (Å²) in [6.45, 7) is 0. The third kappa shape index (κ3) is 2.43. The van der Waals surface area contributed by atoms with Crippen molar-refractivity contribution in [3.8, 4) is 5.75 Å². The summed E-state index contributed by atoms with van der Waals surface area (Å²) in [6.07, 6.45) is 5.16. The van der Waals surface area contributed by atoms with Crippen molar-refractivity contribution in [2.45, 2.75) is 31.6 Å². The lowest BCUT2D eigenvalue weighted by Gasteiger charge is -2.06. The first-order valence-corrected chi connectivity index (χ1v) is 8.46. The molecule has 3 aromatic heterocycles. The maximum Gasteiger partial charge on any atom is 0.153 e. The molecule has 0 aliphatic heterocycles. The number of anilines is 2. The fourth-order valence-electron chi connectivity index (χ4n) is 3.13. The highest BCUT2D eigenvalue weighted by molar-refractivity contribution is 7.16. The summed E-state index contributed by atoms with van der Waals surface area (Å²) in [6, 6.07) is 6.05. The SMILES string of the molecule is COc1cc(Nc2cc(C3CCCC3)[nH]n2)nc2sccc12. The number of methoxy groups -OCH3 is 1. The van der Waals surface area contributed by atoms with Crippen molar-refractivity contribution in [1.29, 1.82) is 0 Å². The van der Waals surface area contributed by atoms with Crippen LogP contribution < -0.4 is 10.1 Å². The molecule has 2 N–H and O–H groups in total. The van der Waals surface area contributed by atoms with Crippen LogP contribution >= 0.6 is 11.3 Å². The smallest absolute Gasteiger partial charge is 0.153 e. The van der Waals surface area contributed by atoms with Crippen LogP contribution in [0.15, 0.2) is 23.6 Å². The van der Waals surface area contributed by atoms with Crippen LogP contribution in [0.25, 0.3) is 10.2 Å². The molecule has 3 heterocycles. The number of hydrogen-bond donors (Lipinski definition) is 2. The lowest BCUT2D eigenvalue weighted by Crippen LogP contribution is -1.95. The van der Waals surface area contributed by atoms with Gasteiger partial charge < -0.3 is 10.1 Å². The summed E-state index contributed by atoms with van der Waals surface area (Å²) < 4.78 is 5.45. The average Bonchev–Trinajstić information content (AvgIpc) is 3.26. The van der Waals surface area contributed by atoms with Gasteiger partial charge in [-0.1, -0.05) is 12.8 Å². The van der Waals surface area contributed by atoms with E-state index in [4.69, 9.17) is 4.74 Å². The molecule has 3 aromatic rings. The van der Waals surface area contributed by atoms with Crippen LogP contribution in [0.1, 0.15) is 37.3 Å². The largest absolute Gasteiger partial charge is 0.496 e. The minimum Gasteiger partial charge on any atom is -0.496 e. The molecule has 0 aromatic carbocycles. The minimum absolute atomic E-state index is 0.630. The van der Waals surface area contributed by atoms with Crippen LogP contribution in [-0.4, -0.2) is 22.3 Å². The Bertz CT molecular complexity index is 788. The zero-order chi connectivity index (χ0) is 14.9. The van der Waals surface area contributed by atoms with Gasteiger partial charge in [-0.05, 0) is 24.3 Å². The van der Waals surface area contributed by atoms with Gasteiger partial charge in [0.15, 0.2) is 5.82 Å². The van der Waals surface area contributed by atoms with Crippen LogP contribution in [0.2, 0.25) is 0 Å². The Morgan fingerprint density at radius 3 is 2.95 bits per heavy atom. The number of fused-ring (bicyclic) bond motifs is 1. The van der Waals surface area contributed by atoms with E-state index in [1.807, 2.05) is 17.5 Å². The number of aromatic nitrogens is 3. The lowest BCUT2D eigenvalue weighted by atomic mass is 10.0. The summed E-state index contributed by atoms with van der Waals surface area (Å²) in [7, 11) is 1.68. The lowest BCUT2D eigenvalue weighted by molar-refractivity contribution is 0.420. The molecule has 1 fully saturated rings. The van der Waals surface area contributed by atoms with Crippen LogP contribution in [0, 0.1) is 0 Å². The number of pyridine rings is 1. The molecular formula is C16H18N4OS. The van der Waals surface area contributed by atoms with E-state index in [0.29, 0.717) is 5.92 Å². The third-order valence-electron chi connectivity index (χ3n) is 4.27. The molecule has 0 bridgehead atoms. The van der Waals surface area contributed by atoms with E-state index in [2.05, 4.69) is 26.6 Å². The highest BCUT2D eigenvalue weighted by Crippen LogP contribution is 2.35. The Morgan fingerprint density at radius 2 is 2.14 bits per heavy atom. The number of thiophene rings is 1. The van der Waals surface area contributed by atoms with Crippen molar-refractivity contribution in [3.63, 3.8) is 0 Å². The number of nitrogens with zero attached hydrogens (tertiary/aromatic N) is 2. The van der Waals surface area contributed by atoms with Gasteiger partial charge in [0.2, 0.25) is 0 Å². The fourth-order valence-corrected chi connectivity index (χ4v) is 3.91. The fraction of sp³-hybridized carbons (Fsp3) is 0.375. The highest BCUT2D eigenvalue weighted by atomic mass is 32.1. The van der Waals surface area contributed by atoms with Crippen molar-refractivity contribution in [3.05, 3.63) is 29.3 Å². The first-order valence-electron chi connectivity index (χ1n) is 7.58. The second-order valence-corrected chi connectivity index (χ2v) is 6.56. The molecule has 114 valence electrons. The van der Waals surface area contributed by atoms with Gasteiger partial charge >= 0.3 is 0 Å². The van der Waals surface area contributed by atoms with Gasteiger partial charge in [-0.15, -0.1) is 11.3 Å². The topological polar surface area (TPSA) is 62.8 Å².